The Morgan fingerprint density at radius 3 is 2.08 bits per heavy atom. The van der Waals surface area contributed by atoms with E-state index in [0.29, 0.717) is 0 Å². The van der Waals surface area contributed by atoms with Crippen molar-refractivity contribution < 1.29 is 4.90 Å². The second kappa shape index (κ2) is 8.55. The van der Waals surface area contributed by atoms with E-state index in [4.69, 9.17) is 5.26 Å². The van der Waals surface area contributed by atoms with E-state index < -0.39 is 0 Å². The quantitative estimate of drug-likeness (QED) is 0.566. The molecule has 0 heterocycles. The van der Waals surface area contributed by atoms with Crippen molar-refractivity contribution >= 4 is 0 Å². The van der Waals surface area contributed by atoms with Gasteiger partial charge in [0.1, 0.15) is 0 Å². The summed E-state index contributed by atoms with van der Waals surface area (Å²) >= 11 is 0. The standard InChI is InChI=1S/C10H20N2/c1-3-8-12(9-4-2)10-6-5-7-11/h3-6,8-10H2,1-2H3/p+1. The third-order valence-corrected chi connectivity index (χ3v) is 2.03. The first-order valence-electron chi connectivity index (χ1n) is 5.05. The van der Waals surface area contributed by atoms with Crippen LogP contribution in [0.2, 0.25) is 0 Å². The number of rotatable bonds is 7. The Hall–Kier alpha value is -0.550. The van der Waals surface area contributed by atoms with Gasteiger partial charge >= 0.3 is 0 Å². The van der Waals surface area contributed by atoms with Gasteiger partial charge in [-0.3, -0.25) is 0 Å². The van der Waals surface area contributed by atoms with E-state index in [9.17, 15) is 0 Å². The van der Waals surface area contributed by atoms with Crippen LogP contribution in [-0.4, -0.2) is 19.6 Å². The molecule has 0 radical (unpaired) electrons. The number of nitrogens with one attached hydrogen (secondary N) is 1. The molecule has 0 saturated carbocycles. The van der Waals surface area contributed by atoms with Crippen LogP contribution >= 0.6 is 0 Å². The molecule has 0 fully saturated rings. The van der Waals surface area contributed by atoms with Crippen LogP contribution in [0.3, 0.4) is 0 Å². The fourth-order valence-corrected chi connectivity index (χ4v) is 1.50. The Morgan fingerprint density at radius 1 is 1.08 bits per heavy atom. The van der Waals surface area contributed by atoms with Crippen molar-refractivity contribution in [1.29, 1.82) is 5.26 Å². The van der Waals surface area contributed by atoms with Gasteiger partial charge in [0.2, 0.25) is 0 Å². The molecule has 0 spiro atoms. The Bertz CT molecular complexity index is 120. The molecule has 12 heavy (non-hydrogen) atoms. The topological polar surface area (TPSA) is 28.2 Å². The van der Waals surface area contributed by atoms with E-state index in [1.807, 2.05) is 0 Å². The number of nitrogens with zero attached hydrogens (tertiary/aromatic N) is 1. The highest BCUT2D eigenvalue weighted by molar-refractivity contribution is 4.67. The molecule has 0 atom stereocenters. The van der Waals surface area contributed by atoms with Crippen molar-refractivity contribution in [2.75, 3.05) is 19.6 Å². The molecule has 70 valence electrons. The molecule has 0 aromatic carbocycles. The van der Waals surface area contributed by atoms with Crippen LogP contribution in [0.5, 0.6) is 0 Å². The number of unbranched alkanes of at least 4 members (excludes halogenated alkanes) is 1. The van der Waals surface area contributed by atoms with Crippen molar-refractivity contribution in [3.05, 3.63) is 0 Å². The van der Waals surface area contributed by atoms with Gasteiger partial charge in [-0.05, 0) is 12.8 Å². The summed E-state index contributed by atoms with van der Waals surface area (Å²) in [6.07, 6.45) is 4.28. The zero-order chi connectivity index (χ0) is 9.23. The molecule has 0 amide bonds. The molecule has 0 saturated heterocycles. The van der Waals surface area contributed by atoms with Crippen LogP contribution in [0.4, 0.5) is 0 Å². The second-order valence-corrected chi connectivity index (χ2v) is 3.26. The van der Waals surface area contributed by atoms with Crippen molar-refractivity contribution in [2.24, 2.45) is 0 Å². The summed E-state index contributed by atoms with van der Waals surface area (Å²) in [5.41, 5.74) is 0. The maximum atomic E-state index is 8.38. The molecule has 0 aliphatic carbocycles. The molecular formula is C10H21N2+. The first-order chi connectivity index (χ1) is 5.85. The van der Waals surface area contributed by atoms with Crippen LogP contribution < -0.4 is 4.90 Å². The summed E-state index contributed by atoms with van der Waals surface area (Å²) in [5.74, 6) is 0. The molecule has 0 aromatic rings. The van der Waals surface area contributed by atoms with Gasteiger partial charge in [0.15, 0.2) is 0 Å². The Kier molecular flexibility index (Phi) is 8.15. The van der Waals surface area contributed by atoms with Crippen molar-refractivity contribution in [3.8, 4) is 6.07 Å². The van der Waals surface area contributed by atoms with Gasteiger partial charge in [-0.15, -0.1) is 0 Å². The number of nitriles is 1. The number of hydrogen-bond donors (Lipinski definition) is 1. The van der Waals surface area contributed by atoms with Gasteiger partial charge in [-0.25, -0.2) is 0 Å². The van der Waals surface area contributed by atoms with Gasteiger partial charge in [0.25, 0.3) is 0 Å². The molecule has 0 bridgehead atoms. The molecule has 2 nitrogen and oxygen atoms in total. The van der Waals surface area contributed by atoms with Crippen LogP contribution in [0, 0.1) is 11.3 Å². The van der Waals surface area contributed by atoms with E-state index in [-0.39, 0.29) is 0 Å². The Balaban J connectivity index is 3.42. The third kappa shape index (κ3) is 6.18. The summed E-state index contributed by atoms with van der Waals surface area (Å²) < 4.78 is 0. The SMILES string of the molecule is CCC[NH+](CCC)CCCC#N. The van der Waals surface area contributed by atoms with E-state index in [0.717, 1.165) is 12.8 Å². The molecule has 0 rings (SSSR count). The lowest BCUT2D eigenvalue weighted by Gasteiger charge is -2.16. The van der Waals surface area contributed by atoms with Crippen molar-refractivity contribution in [3.63, 3.8) is 0 Å². The molecule has 1 N–H and O–H groups in total. The van der Waals surface area contributed by atoms with Crippen molar-refractivity contribution in [1.82, 2.24) is 0 Å². The zero-order valence-electron chi connectivity index (χ0n) is 8.40. The van der Waals surface area contributed by atoms with Crippen molar-refractivity contribution in [2.45, 2.75) is 39.5 Å². The average molecular weight is 169 g/mol. The van der Waals surface area contributed by atoms with E-state index in [1.165, 1.54) is 32.5 Å². The molecular weight excluding hydrogens is 148 g/mol. The first-order valence-corrected chi connectivity index (χ1v) is 5.05. The van der Waals surface area contributed by atoms with Gasteiger partial charge in [-0.1, -0.05) is 13.8 Å². The summed E-state index contributed by atoms with van der Waals surface area (Å²) in [5, 5.41) is 8.38. The first kappa shape index (κ1) is 11.4. The minimum atomic E-state index is 0.719. The maximum Gasteiger partial charge on any atom is 0.0780 e. The van der Waals surface area contributed by atoms with E-state index in [2.05, 4.69) is 19.9 Å². The van der Waals surface area contributed by atoms with Gasteiger partial charge < -0.3 is 4.90 Å². The van der Waals surface area contributed by atoms with Crippen LogP contribution in [0.15, 0.2) is 0 Å². The lowest BCUT2D eigenvalue weighted by Crippen LogP contribution is -3.12. The predicted molar refractivity (Wildman–Crippen MR) is 51.0 cm³/mol. The van der Waals surface area contributed by atoms with Crippen LogP contribution in [0.25, 0.3) is 0 Å². The summed E-state index contributed by atoms with van der Waals surface area (Å²) in [6, 6.07) is 2.19. The lowest BCUT2D eigenvalue weighted by atomic mass is 10.3. The molecule has 2 heteroatoms. The average Bonchev–Trinajstić information content (AvgIpc) is 2.06. The predicted octanol–water partition coefficient (Wildman–Crippen LogP) is 0.995. The zero-order valence-corrected chi connectivity index (χ0v) is 8.40. The van der Waals surface area contributed by atoms with E-state index in [1.54, 1.807) is 4.90 Å². The number of hydrogen-bond acceptors (Lipinski definition) is 1. The fraction of sp³-hybridized carbons (Fsp3) is 0.900. The molecule has 0 aromatic heterocycles. The van der Waals surface area contributed by atoms with Crippen LogP contribution in [0.1, 0.15) is 39.5 Å². The van der Waals surface area contributed by atoms with Gasteiger partial charge in [-0.2, -0.15) is 5.26 Å². The van der Waals surface area contributed by atoms with Gasteiger partial charge in [0.05, 0.1) is 25.7 Å². The lowest BCUT2D eigenvalue weighted by molar-refractivity contribution is -0.900. The second-order valence-electron chi connectivity index (χ2n) is 3.26. The molecule has 0 aliphatic heterocycles. The van der Waals surface area contributed by atoms with Gasteiger partial charge in [0, 0.05) is 12.8 Å². The summed E-state index contributed by atoms with van der Waals surface area (Å²) in [6.45, 7) is 8.15. The third-order valence-electron chi connectivity index (χ3n) is 2.03. The van der Waals surface area contributed by atoms with E-state index >= 15 is 0 Å². The minimum Gasteiger partial charge on any atom is -0.335 e. The highest BCUT2D eigenvalue weighted by Gasteiger charge is 2.04. The Morgan fingerprint density at radius 2 is 1.67 bits per heavy atom. The smallest absolute Gasteiger partial charge is 0.0780 e. The Labute approximate surface area is 76.2 Å². The fourth-order valence-electron chi connectivity index (χ4n) is 1.50. The van der Waals surface area contributed by atoms with Crippen LogP contribution in [-0.2, 0) is 0 Å². The largest absolute Gasteiger partial charge is 0.335 e. The summed E-state index contributed by atoms with van der Waals surface area (Å²) in [4.78, 5) is 1.66. The molecule has 0 unspecified atom stereocenters. The monoisotopic (exact) mass is 169 g/mol. The normalized spacial score (nSPS) is 10.2. The molecule has 0 aliphatic rings. The highest BCUT2D eigenvalue weighted by atomic mass is 15.1. The highest BCUT2D eigenvalue weighted by Crippen LogP contribution is 1.80. The minimum absolute atomic E-state index is 0.719. The number of quaternary nitrogens is 1. The maximum absolute atomic E-state index is 8.38. The summed E-state index contributed by atoms with van der Waals surface area (Å²) in [7, 11) is 0.